The first kappa shape index (κ1) is 25.3. The largest absolute Gasteiger partial charge is 0.492 e. The third-order valence-electron chi connectivity index (χ3n) is 5.37. The Morgan fingerprint density at radius 1 is 1.15 bits per heavy atom. The number of nitrogens with zero attached hydrogens (tertiary/aromatic N) is 2. The van der Waals surface area contributed by atoms with Gasteiger partial charge in [-0.15, -0.1) is 5.23 Å². The lowest BCUT2D eigenvalue weighted by atomic mass is 9.86. The van der Waals surface area contributed by atoms with Crippen molar-refractivity contribution in [2.45, 2.75) is 39.7 Å². The van der Waals surface area contributed by atoms with E-state index in [2.05, 4.69) is 10.0 Å². The van der Waals surface area contributed by atoms with E-state index < -0.39 is 15.9 Å². The molecule has 184 valence electrons. The van der Waals surface area contributed by atoms with Crippen LogP contribution < -0.4 is 20.0 Å². The number of aryl methyl sites for hydroxylation is 1. The van der Waals surface area contributed by atoms with Crippen LogP contribution in [-0.4, -0.2) is 42.7 Å². The van der Waals surface area contributed by atoms with Crippen molar-refractivity contribution in [3.05, 3.63) is 47.7 Å². The molecule has 0 aliphatic carbocycles. The maximum Gasteiger partial charge on any atom is 0.272 e. The van der Waals surface area contributed by atoms with E-state index in [1.807, 2.05) is 27.7 Å². The number of hydrogen-bond acceptors (Lipinski definition) is 7. The fourth-order valence-corrected chi connectivity index (χ4v) is 4.37. The monoisotopic (exact) mass is 490 g/mol. The molecule has 3 rings (SSSR count). The van der Waals surface area contributed by atoms with Gasteiger partial charge in [-0.2, -0.15) is 0 Å². The molecule has 0 aliphatic rings. The number of ether oxygens (including phenoxy) is 1. The highest BCUT2D eigenvalue weighted by Crippen LogP contribution is 2.39. The van der Waals surface area contributed by atoms with Gasteiger partial charge in [0.1, 0.15) is 11.4 Å². The summed E-state index contributed by atoms with van der Waals surface area (Å²) >= 11 is 0. The van der Waals surface area contributed by atoms with Crippen LogP contribution in [0.2, 0.25) is 0 Å². The quantitative estimate of drug-likeness (QED) is 0.365. The van der Waals surface area contributed by atoms with E-state index in [0.29, 0.717) is 23.1 Å². The number of amides is 1. The molecule has 2 aromatic carbocycles. The SMILES string of the molecule is CCn1c(C(=O)Nc2cc(C(C)(C)C)cc(NS(C)(=O)=O)c2OC)cc2cccc(N(O)O)c21. The van der Waals surface area contributed by atoms with Crippen LogP contribution in [0.1, 0.15) is 43.7 Å². The fourth-order valence-electron chi connectivity index (χ4n) is 3.82. The number of para-hydroxylation sites is 1. The molecule has 0 spiro atoms. The molecule has 1 aromatic heterocycles. The van der Waals surface area contributed by atoms with Crippen LogP contribution in [0.5, 0.6) is 5.75 Å². The molecular weight excluding hydrogens is 460 g/mol. The number of fused-ring (bicyclic) bond motifs is 1. The normalized spacial score (nSPS) is 12.0. The van der Waals surface area contributed by atoms with Crippen LogP contribution in [-0.2, 0) is 22.0 Å². The number of sulfonamides is 1. The van der Waals surface area contributed by atoms with Crippen molar-refractivity contribution in [2.75, 3.05) is 28.6 Å². The van der Waals surface area contributed by atoms with Gasteiger partial charge in [0.15, 0.2) is 5.75 Å². The van der Waals surface area contributed by atoms with Gasteiger partial charge in [0.25, 0.3) is 5.91 Å². The fraction of sp³-hybridized carbons (Fsp3) is 0.348. The Bertz CT molecular complexity index is 1340. The van der Waals surface area contributed by atoms with Crippen LogP contribution in [0, 0.1) is 0 Å². The Morgan fingerprint density at radius 2 is 1.79 bits per heavy atom. The van der Waals surface area contributed by atoms with E-state index in [4.69, 9.17) is 4.74 Å². The highest BCUT2D eigenvalue weighted by atomic mass is 32.2. The van der Waals surface area contributed by atoms with Crippen LogP contribution in [0.25, 0.3) is 10.9 Å². The van der Waals surface area contributed by atoms with Crippen molar-refractivity contribution in [3.8, 4) is 5.75 Å². The average Bonchev–Trinajstić information content (AvgIpc) is 3.10. The summed E-state index contributed by atoms with van der Waals surface area (Å²) in [4.78, 5) is 13.4. The molecule has 0 aliphatic heterocycles. The lowest BCUT2D eigenvalue weighted by Crippen LogP contribution is -2.20. The number of nitrogens with one attached hydrogen (secondary N) is 2. The van der Waals surface area contributed by atoms with E-state index in [0.717, 1.165) is 11.8 Å². The van der Waals surface area contributed by atoms with E-state index in [-0.39, 0.29) is 33.5 Å². The summed E-state index contributed by atoms with van der Waals surface area (Å²) in [6.07, 6.45) is 1.04. The zero-order chi connectivity index (χ0) is 25.4. The summed E-state index contributed by atoms with van der Waals surface area (Å²) in [6.45, 7) is 8.13. The number of carbonyl (C=O) groups is 1. The number of benzene rings is 2. The highest BCUT2D eigenvalue weighted by Gasteiger charge is 2.24. The molecule has 0 radical (unpaired) electrons. The topological polar surface area (TPSA) is 133 Å². The molecule has 0 saturated heterocycles. The number of rotatable bonds is 7. The first-order valence-corrected chi connectivity index (χ1v) is 12.5. The highest BCUT2D eigenvalue weighted by molar-refractivity contribution is 7.92. The van der Waals surface area contributed by atoms with Gasteiger partial charge < -0.3 is 14.6 Å². The summed E-state index contributed by atoms with van der Waals surface area (Å²) in [6, 6.07) is 10.0. The van der Waals surface area contributed by atoms with Gasteiger partial charge in [0.2, 0.25) is 10.0 Å². The Kier molecular flexibility index (Phi) is 6.83. The van der Waals surface area contributed by atoms with Crippen molar-refractivity contribution >= 4 is 43.9 Å². The molecule has 34 heavy (non-hydrogen) atoms. The van der Waals surface area contributed by atoms with Gasteiger partial charge in [-0.1, -0.05) is 32.9 Å². The lowest BCUT2D eigenvalue weighted by molar-refractivity contribution is 0.0298. The van der Waals surface area contributed by atoms with Crippen LogP contribution in [0.15, 0.2) is 36.4 Å². The van der Waals surface area contributed by atoms with Gasteiger partial charge >= 0.3 is 0 Å². The van der Waals surface area contributed by atoms with Crippen molar-refractivity contribution in [2.24, 2.45) is 0 Å². The molecule has 3 aromatic rings. The number of aromatic nitrogens is 1. The molecule has 0 saturated carbocycles. The zero-order valence-electron chi connectivity index (χ0n) is 20.0. The number of methoxy groups -OCH3 is 1. The molecule has 1 heterocycles. The molecule has 1 amide bonds. The maximum absolute atomic E-state index is 13.4. The molecule has 0 unspecified atom stereocenters. The Hall–Kier alpha value is -3.28. The van der Waals surface area contributed by atoms with Gasteiger partial charge in [-0.05, 0) is 42.2 Å². The molecule has 0 bridgehead atoms. The Labute approximate surface area is 198 Å². The molecule has 0 atom stereocenters. The Balaban J connectivity index is 2.15. The molecule has 10 nitrogen and oxygen atoms in total. The molecule has 0 fully saturated rings. The van der Waals surface area contributed by atoms with E-state index in [1.165, 1.54) is 13.2 Å². The van der Waals surface area contributed by atoms with Gasteiger partial charge in [0, 0.05) is 11.9 Å². The minimum absolute atomic E-state index is 0.0230. The van der Waals surface area contributed by atoms with Gasteiger partial charge in [-0.3, -0.25) is 19.9 Å². The number of anilines is 3. The van der Waals surface area contributed by atoms with Crippen molar-refractivity contribution in [1.82, 2.24) is 4.57 Å². The van der Waals surface area contributed by atoms with Crippen LogP contribution in [0.4, 0.5) is 17.1 Å². The van der Waals surface area contributed by atoms with Gasteiger partial charge in [0.05, 0.1) is 30.3 Å². The minimum Gasteiger partial charge on any atom is -0.492 e. The van der Waals surface area contributed by atoms with E-state index >= 15 is 0 Å². The summed E-state index contributed by atoms with van der Waals surface area (Å²) in [7, 11) is -2.22. The number of hydrogen-bond donors (Lipinski definition) is 4. The van der Waals surface area contributed by atoms with Crippen LogP contribution in [0.3, 0.4) is 0 Å². The zero-order valence-corrected chi connectivity index (χ0v) is 20.8. The van der Waals surface area contributed by atoms with Crippen LogP contribution >= 0.6 is 0 Å². The van der Waals surface area contributed by atoms with Crippen molar-refractivity contribution in [1.29, 1.82) is 0 Å². The summed E-state index contributed by atoms with van der Waals surface area (Å²) in [5.41, 5.74) is 1.84. The third kappa shape index (κ3) is 5.11. The standard InChI is InChI=1S/C23H30N4O6S/c1-7-26-19(11-14-9-8-10-18(20(14)26)27(29)30)22(28)24-16-12-15(23(2,3)4)13-17(21(16)33-5)25-34(6,31)32/h8-13,25,29-30H,7H2,1-6H3,(H,24,28). The maximum atomic E-state index is 13.4. The minimum atomic E-state index is -3.61. The predicted octanol–water partition coefficient (Wildman–Crippen LogP) is 4.18. The van der Waals surface area contributed by atoms with E-state index in [1.54, 1.807) is 34.9 Å². The second kappa shape index (κ2) is 9.16. The van der Waals surface area contributed by atoms with Crippen molar-refractivity contribution in [3.63, 3.8) is 0 Å². The molecular formula is C23H30N4O6S. The first-order valence-electron chi connectivity index (χ1n) is 10.6. The first-order chi connectivity index (χ1) is 15.8. The lowest BCUT2D eigenvalue weighted by Gasteiger charge is -2.24. The summed E-state index contributed by atoms with van der Waals surface area (Å²) in [5.74, 6) is -0.301. The summed E-state index contributed by atoms with van der Waals surface area (Å²) in [5, 5.41) is 22.8. The van der Waals surface area contributed by atoms with Crippen molar-refractivity contribution < 1.29 is 28.4 Å². The predicted molar refractivity (Wildman–Crippen MR) is 132 cm³/mol. The van der Waals surface area contributed by atoms with Gasteiger partial charge in [-0.25, -0.2) is 8.42 Å². The second-order valence-electron chi connectivity index (χ2n) is 8.96. The molecule has 4 N–H and O–H groups in total. The smallest absolute Gasteiger partial charge is 0.272 e. The number of carbonyl (C=O) groups excluding carboxylic acids is 1. The summed E-state index contributed by atoms with van der Waals surface area (Å²) < 4.78 is 33.5. The van der Waals surface area contributed by atoms with E-state index in [9.17, 15) is 23.6 Å². The average molecular weight is 491 g/mol. The molecule has 11 heteroatoms. The Morgan fingerprint density at radius 3 is 2.32 bits per heavy atom. The third-order valence-corrected chi connectivity index (χ3v) is 5.96. The second-order valence-corrected chi connectivity index (χ2v) is 10.7.